The van der Waals surface area contributed by atoms with Crippen LogP contribution in [0.1, 0.15) is 5.56 Å². The largest absolute Gasteiger partial charge is 0.497 e. The van der Waals surface area contributed by atoms with Crippen molar-refractivity contribution in [2.75, 3.05) is 7.11 Å². The number of hydroxylamine groups is 1. The van der Waals surface area contributed by atoms with Gasteiger partial charge < -0.3 is 4.74 Å². The Kier molecular flexibility index (Phi) is 4.79. The van der Waals surface area contributed by atoms with E-state index in [4.69, 9.17) is 9.94 Å². The van der Waals surface area contributed by atoms with Crippen LogP contribution in [-0.4, -0.2) is 30.6 Å². The molecule has 2 N–H and O–H groups in total. The fraction of sp³-hybridized carbons (Fsp3) is 0.0556. The third-order valence-corrected chi connectivity index (χ3v) is 5.54. The van der Waals surface area contributed by atoms with Crippen molar-refractivity contribution in [2.24, 2.45) is 0 Å². The topological polar surface area (TPSA) is 97.6 Å². The summed E-state index contributed by atoms with van der Waals surface area (Å²) in [4.78, 5) is 11.4. The second kappa shape index (κ2) is 7.03. The molecule has 2 aromatic carbocycles. The third kappa shape index (κ3) is 3.19. The lowest BCUT2D eigenvalue weighted by Crippen LogP contribution is -2.15. The fourth-order valence-corrected chi connectivity index (χ4v) is 3.97. The molecule has 0 unspecified atom stereocenters. The maximum atomic E-state index is 13.0. The van der Waals surface area contributed by atoms with Gasteiger partial charge in [-0.15, -0.1) is 0 Å². The van der Waals surface area contributed by atoms with Crippen molar-refractivity contribution in [1.82, 2.24) is 9.45 Å². The lowest BCUT2D eigenvalue weighted by atomic mass is 10.1. The van der Waals surface area contributed by atoms with Crippen LogP contribution in [0.25, 0.3) is 17.0 Å². The van der Waals surface area contributed by atoms with Gasteiger partial charge in [-0.05, 0) is 36.4 Å². The number of aromatic nitrogens is 1. The lowest BCUT2D eigenvalue weighted by molar-refractivity contribution is -0.124. The van der Waals surface area contributed by atoms with Crippen molar-refractivity contribution in [2.45, 2.75) is 4.90 Å². The minimum Gasteiger partial charge on any atom is -0.497 e. The number of hydrogen-bond donors (Lipinski definition) is 2. The van der Waals surface area contributed by atoms with Crippen LogP contribution in [0.15, 0.2) is 65.7 Å². The number of rotatable bonds is 5. The highest BCUT2D eigenvalue weighted by molar-refractivity contribution is 7.90. The first-order chi connectivity index (χ1) is 12.5. The van der Waals surface area contributed by atoms with Crippen molar-refractivity contribution in [1.29, 1.82) is 0 Å². The quantitative estimate of drug-likeness (QED) is 0.407. The third-order valence-electron chi connectivity index (χ3n) is 3.85. The van der Waals surface area contributed by atoms with Gasteiger partial charge in [0.05, 0.1) is 17.5 Å². The number of methoxy groups -OCH3 is 1. The summed E-state index contributed by atoms with van der Waals surface area (Å²) >= 11 is 0. The molecule has 0 aliphatic rings. The molecule has 0 saturated heterocycles. The van der Waals surface area contributed by atoms with Gasteiger partial charge in [0.2, 0.25) is 0 Å². The molecule has 0 spiro atoms. The molecule has 0 bridgehead atoms. The van der Waals surface area contributed by atoms with E-state index in [2.05, 4.69) is 0 Å². The molecule has 0 atom stereocenters. The number of amides is 1. The molecule has 8 heteroatoms. The first kappa shape index (κ1) is 17.7. The van der Waals surface area contributed by atoms with E-state index in [1.807, 2.05) is 0 Å². The molecule has 0 aliphatic heterocycles. The Bertz CT molecular complexity index is 1080. The summed E-state index contributed by atoms with van der Waals surface area (Å²) in [5.41, 5.74) is 2.45. The van der Waals surface area contributed by atoms with Gasteiger partial charge in [-0.25, -0.2) is 17.9 Å². The molecule has 1 amide bonds. The van der Waals surface area contributed by atoms with Crippen LogP contribution in [0.4, 0.5) is 0 Å². The first-order valence-electron chi connectivity index (χ1n) is 7.59. The summed E-state index contributed by atoms with van der Waals surface area (Å²) in [5.74, 6) is -0.155. The van der Waals surface area contributed by atoms with Crippen LogP contribution in [0.2, 0.25) is 0 Å². The van der Waals surface area contributed by atoms with E-state index < -0.39 is 15.9 Å². The van der Waals surface area contributed by atoms with Crippen LogP contribution >= 0.6 is 0 Å². The Labute approximate surface area is 150 Å². The van der Waals surface area contributed by atoms with E-state index in [1.165, 1.54) is 41.0 Å². The maximum absolute atomic E-state index is 13.0. The minimum absolute atomic E-state index is 0.114. The van der Waals surface area contributed by atoms with Crippen molar-refractivity contribution in [3.05, 3.63) is 66.4 Å². The highest BCUT2D eigenvalue weighted by Crippen LogP contribution is 2.27. The molecule has 26 heavy (non-hydrogen) atoms. The van der Waals surface area contributed by atoms with Gasteiger partial charge in [0.1, 0.15) is 5.75 Å². The average molecular weight is 372 g/mol. The van der Waals surface area contributed by atoms with Crippen LogP contribution in [0, 0.1) is 0 Å². The Hall–Kier alpha value is -3.10. The predicted molar refractivity (Wildman–Crippen MR) is 96.5 cm³/mol. The number of fused-ring (bicyclic) bond motifs is 1. The van der Waals surface area contributed by atoms with Gasteiger partial charge in [0.15, 0.2) is 0 Å². The second-order valence-corrected chi connectivity index (χ2v) is 7.20. The summed E-state index contributed by atoms with van der Waals surface area (Å²) in [6, 6.07) is 13.0. The van der Waals surface area contributed by atoms with Crippen LogP contribution < -0.4 is 10.2 Å². The van der Waals surface area contributed by atoms with E-state index in [0.29, 0.717) is 22.2 Å². The van der Waals surface area contributed by atoms with Crippen molar-refractivity contribution in [3.8, 4) is 5.75 Å². The highest BCUT2D eigenvalue weighted by Gasteiger charge is 2.20. The Balaban J connectivity index is 2.15. The highest BCUT2D eigenvalue weighted by atomic mass is 32.2. The number of nitrogens with one attached hydrogen (secondary N) is 1. The predicted octanol–water partition coefficient (Wildman–Crippen LogP) is 2.41. The molecular weight excluding hydrogens is 356 g/mol. The summed E-state index contributed by atoms with van der Waals surface area (Å²) in [5, 5.41) is 9.30. The van der Waals surface area contributed by atoms with Gasteiger partial charge in [-0.1, -0.05) is 18.2 Å². The van der Waals surface area contributed by atoms with Gasteiger partial charge >= 0.3 is 0 Å². The van der Waals surface area contributed by atoms with Crippen molar-refractivity contribution in [3.63, 3.8) is 0 Å². The molecule has 3 rings (SSSR count). The maximum Gasteiger partial charge on any atom is 0.268 e. The minimum atomic E-state index is -3.84. The average Bonchev–Trinajstić information content (AvgIpc) is 3.11. The number of para-hydroxylation sites is 1. The van der Waals surface area contributed by atoms with Gasteiger partial charge in [-0.2, -0.15) is 0 Å². The number of carbonyl (C=O) groups excluding carboxylic acids is 1. The smallest absolute Gasteiger partial charge is 0.268 e. The molecular formula is C18H16N2O5S. The summed E-state index contributed by atoms with van der Waals surface area (Å²) < 4.78 is 32.3. The summed E-state index contributed by atoms with van der Waals surface area (Å²) in [6.07, 6.45) is 4.02. The molecule has 1 aromatic heterocycles. The first-order valence-corrected chi connectivity index (χ1v) is 9.03. The van der Waals surface area contributed by atoms with E-state index in [1.54, 1.807) is 36.4 Å². The zero-order valence-electron chi connectivity index (χ0n) is 13.8. The SMILES string of the molecule is COc1ccc(S(=O)(=O)n2ccc3cccc(/C=C/C(=O)NO)c32)cc1. The molecule has 3 aromatic rings. The van der Waals surface area contributed by atoms with Crippen LogP contribution in [0.3, 0.4) is 0 Å². The van der Waals surface area contributed by atoms with Crippen molar-refractivity contribution < 1.29 is 23.2 Å². The van der Waals surface area contributed by atoms with Crippen LogP contribution in [0.5, 0.6) is 5.75 Å². The van der Waals surface area contributed by atoms with E-state index in [9.17, 15) is 13.2 Å². The molecule has 0 fully saturated rings. The molecule has 0 aliphatic carbocycles. The van der Waals surface area contributed by atoms with E-state index in [0.717, 1.165) is 6.08 Å². The summed E-state index contributed by atoms with van der Waals surface area (Å²) in [6.45, 7) is 0. The Morgan fingerprint density at radius 2 is 1.88 bits per heavy atom. The Morgan fingerprint density at radius 3 is 2.54 bits per heavy atom. The monoisotopic (exact) mass is 372 g/mol. The number of ether oxygens (including phenoxy) is 1. The van der Waals surface area contributed by atoms with E-state index >= 15 is 0 Å². The zero-order chi connectivity index (χ0) is 18.7. The number of hydrogen-bond acceptors (Lipinski definition) is 5. The molecule has 1 heterocycles. The second-order valence-electron chi connectivity index (χ2n) is 5.39. The van der Waals surface area contributed by atoms with Gasteiger partial charge in [0, 0.05) is 23.2 Å². The number of nitrogens with zero attached hydrogens (tertiary/aromatic N) is 1. The van der Waals surface area contributed by atoms with Crippen molar-refractivity contribution >= 4 is 32.9 Å². The lowest BCUT2D eigenvalue weighted by Gasteiger charge is -2.10. The number of benzene rings is 2. The zero-order valence-corrected chi connectivity index (χ0v) is 14.6. The molecule has 0 saturated carbocycles. The molecule has 0 radical (unpaired) electrons. The van der Waals surface area contributed by atoms with Gasteiger partial charge in [-0.3, -0.25) is 10.0 Å². The molecule has 7 nitrogen and oxygen atoms in total. The Morgan fingerprint density at radius 1 is 1.15 bits per heavy atom. The van der Waals surface area contributed by atoms with E-state index in [-0.39, 0.29) is 4.90 Å². The summed E-state index contributed by atoms with van der Waals surface area (Å²) in [7, 11) is -2.33. The standard InChI is InChI=1S/C18H16N2O5S/c1-25-15-6-8-16(9-7-15)26(23,24)20-12-11-14-4-2-3-13(18(14)20)5-10-17(21)19-22/h2-12,22H,1H3,(H,19,21)/b10-5+. The number of carbonyl (C=O) groups is 1. The fourth-order valence-electron chi connectivity index (χ4n) is 2.59. The molecule has 134 valence electrons. The van der Waals surface area contributed by atoms with Gasteiger partial charge in [0.25, 0.3) is 15.9 Å². The van der Waals surface area contributed by atoms with Crippen LogP contribution in [-0.2, 0) is 14.8 Å². The normalized spacial score (nSPS) is 11.8.